The van der Waals surface area contributed by atoms with E-state index < -0.39 is 10.0 Å². The van der Waals surface area contributed by atoms with E-state index in [-0.39, 0.29) is 16.8 Å². The number of nitrogens with zero attached hydrogens (tertiary/aromatic N) is 1. The molecule has 1 saturated heterocycles. The van der Waals surface area contributed by atoms with Crippen LogP contribution in [0.5, 0.6) is 5.75 Å². The molecule has 1 atom stereocenters. The van der Waals surface area contributed by atoms with Crippen LogP contribution >= 0.6 is 0 Å². The molecule has 1 amide bonds. The molecule has 0 radical (unpaired) electrons. The monoisotopic (exact) mass is 340 g/mol. The van der Waals surface area contributed by atoms with Crippen LogP contribution in [0.1, 0.15) is 43.5 Å². The van der Waals surface area contributed by atoms with Gasteiger partial charge in [0.25, 0.3) is 5.91 Å². The Morgan fingerprint density at radius 3 is 2.57 bits per heavy atom. The first-order chi connectivity index (χ1) is 10.9. The van der Waals surface area contributed by atoms with Crippen molar-refractivity contribution in [2.24, 2.45) is 0 Å². The van der Waals surface area contributed by atoms with Gasteiger partial charge in [0.05, 0.1) is 17.6 Å². The highest BCUT2D eigenvalue weighted by Gasteiger charge is 2.25. The third-order valence-electron chi connectivity index (χ3n) is 4.07. The summed E-state index contributed by atoms with van der Waals surface area (Å²) in [6, 6.07) is 4.24. The van der Waals surface area contributed by atoms with E-state index in [4.69, 9.17) is 4.74 Å². The lowest BCUT2D eigenvalue weighted by atomic mass is 10.1. The van der Waals surface area contributed by atoms with Crippen LogP contribution in [0.4, 0.5) is 0 Å². The number of carbonyl (C=O) groups excluding carboxylic acids is 1. The molecule has 0 aromatic heterocycles. The zero-order valence-corrected chi connectivity index (χ0v) is 14.6. The normalized spacial score (nSPS) is 16.4. The Morgan fingerprint density at radius 2 is 2.00 bits per heavy atom. The topological polar surface area (TPSA) is 75.7 Å². The van der Waals surface area contributed by atoms with E-state index in [9.17, 15) is 13.2 Å². The van der Waals surface area contributed by atoms with Crippen LogP contribution in [-0.4, -0.2) is 45.5 Å². The molecule has 7 heteroatoms. The molecule has 0 saturated carbocycles. The number of ether oxygens (including phenoxy) is 1. The predicted octanol–water partition coefficient (Wildman–Crippen LogP) is 2.01. The zero-order chi connectivity index (χ0) is 17.0. The van der Waals surface area contributed by atoms with Gasteiger partial charge in [-0.15, -0.1) is 0 Å². The Morgan fingerprint density at radius 1 is 1.35 bits per heavy atom. The van der Waals surface area contributed by atoms with Crippen molar-refractivity contribution >= 4 is 15.9 Å². The van der Waals surface area contributed by atoms with Crippen LogP contribution in [0.15, 0.2) is 23.1 Å². The van der Waals surface area contributed by atoms with Crippen LogP contribution in [0, 0.1) is 0 Å². The highest BCUT2D eigenvalue weighted by molar-refractivity contribution is 7.89. The van der Waals surface area contributed by atoms with E-state index >= 15 is 0 Å². The third-order valence-corrected chi connectivity index (χ3v) is 5.66. The average molecular weight is 340 g/mol. The molecule has 6 nitrogen and oxygen atoms in total. The second-order valence-electron chi connectivity index (χ2n) is 5.79. The number of hydrogen-bond donors (Lipinski definition) is 1. The molecule has 1 aliphatic rings. The molecule has 0 spiro atoms. The highest BCUT2D eigenvalue weighted by Crippen LogP contribution is 2.25. The van der Waals surface area contributed by atoms with Gasteiger partial charge in [-0.3, -0.25) is 4.79 Å². The maximum atomic E-state index is 12.6. The van der Waals surface area contributed by atoms with Crippen LogP contribution < -0.4 is 9.46 Å². The SMILES string of the molecule is CCC(C)NS(=O)(=O)c1ccc(OC)c(C(=O)N2CCCC2)c1. The van der Waals surface area contributed by atoms with Gasteiger partial charge >= 0.3 is 0 Å². The number of methoxy groups -OCH3 is 1. The molecule has 1 fully saturated rings. The number of sulfonamides is 1. The number of likely N-dealkylation sites (tertiary alicyclic amines) is 1. The summed E-state index contributed by atoms with van der Waals surface area (Å²) in [5.74, 6) is 0.212. The van der Waals surface area contributed by atoms with Gasteiger partial charge in [-0.25, -0.2) is 13.1 Å². The molecule has 1 unspecified atom stereocenters. The Hall–Kier alpha value is -1.60. The molecule has 1 N–H and O–H groups in total. The highest BCUT2D eigenvalue weighted by atomic mass is 32.2. The fourth-order valence-corrected chi connectivity index (χ4v) is 3.88. The second kappa shape index (κ2) is 7.31. The van der Waals surface area contributed by atoms with Crippen molar-refractivity contribution in [2.45, 2.75) is 44.0 Å². The van der Waals surface area contributed by atoms with Crippen molar-refractivity contribution in [2.75, 3.05) is 20.2 Å². The summed E-state index contributed by atoms with van der Waals surface area (Å²) >= 11 is 0. The molecule has 128 valence electrons. The minimum Gasteiger partial charge on any atom is -0.496 e. The summed E-state index contributed by atoms with van der Waals surface area (Å²) in [7, 11) is -2.18. The average Bonchev–Trinajstić information content (AvgIpc) is 3.07. The van der Waals surface area contributed by atoms with Crippen molar-refractivity contribution in [3.05, 3.63) is 23.8 Å². The fourth-order valence-electron chi connectivity index (χ4n) is 2.53. The maximum absolute atomic E-state index is 12.6. The summed E-state index contributed by atoms with van der Waals surface area (Å²) in [5, 5.41) is 0. The van der Waals surface area contributed by atoms with Gasteiger partial charge in [0.2, 0.25) is 10.0 Å². The number of rotatable bonds is 6. The van der Waals surface area contributed by atoms with Gasteiger partial charge in [0, 0.05) is 19.1 Å². The number of hydrogen-bond acceptors (Lipinski definition) is 4. The smallest absolute Gasteiger partial charge is 0.257 e. The summed E-state index contributed by atoms with van der Waals surface area (Å²) in [5.41, 5.74) is 0.293. The van der Waals surface area contributed by atoms with Gasteiger partial charge in [0.15, 0.2) is 0 Å². The lowest BCUT2D eigenvalue weighted by molar-refractivity contribution is 0.0789. The van der Waals surface area contributed by atoms with Crippen molar-refractivity contribution in [1.82, 2.24) is 9.62 Å². The fraction of sp³-hybridized carbons (Fsp3) is 0.562. The first kappa shape index (κ1) is 17.7. The minimum absolute atomic E-state index is 0.0844. The quantitative estimate of drug-likeness (QED) is 0.859. The largest absolute Gasteiger partial charge is 0.496 e. The Labute approximate surface area is 137 Å². The summed E-state index contributed by atoms with van der Waals surface area (Å²) in [4.78, 5) is 14.4. The molecule has 23 heavy (non-hydrogen) atoms. The van der Waals surface area contributed by atoms with Gasteiger partial charge in [-0.2, -0.15) is 0 Å². The predicted molar refractivity (Wildman–Crippen MR) is 88.2 cm³/mol. The molecule has 1 heterocycles. The van der Waals surface area contributed by atoms with Gasteiger partial charge in [0.1, 0.15) is 5.75 Å². The standard InChI is InChI=1S/C16H24N2O4S/c1-4-12(2)17-23(20,21)13-7-8-15(22-3)14(11-13)16(19)18-9-5-6-10-18/h7-8,11-12,17H,4-6,9-10H2,1-3H3. The number of carbonyl (C=O) groups is 1. The molecule has 1 aromatic rings. The van der Waals surface area contributed by atoms with Crippen molar-refractivity contribution < 1.29 is 17.9 Å². The van der Waals surface area contributed by atoms with Crippen LogP contribution in [0.3, 0.4) is 0 Å². The Bertz CT molecular complexity index is 667. The van der Waals surface area contributed by atoms with Gasteiger partial charge in [-0.05, 0) is 44.4 Å². The zero-order valence-electron chi connectivity index (χ0n) is 13.8. The molecule has 1 aromatic carbocycles. The van der Waals surface area contributed by atoms with E-state index in [1.165, 1.54) is 25.3 Å². The molecule has 0 bridgehead atoms. The van der Waals surface area contributed by atoms with Crippen LogP contribution in [0.25, 0.3) is 0 Å². The lowest BCUT2D eigenvalue weighted by Crippen LogP contribution is -2.32. The van der Waals surface area contributed by atoms with Crippen LogP contribution in [-0.2, 0) is 10.0 Å². The minimum atomic E-state index is -3.65. The van der Waals surface area contributed by atoms with E-state index in [2.05, 4.69) is 4.72 Å². The van der Waals surface area contributed by atoms with E-state index in [0.29, 0.717) is 30.8 Å². The number of amides is 1. The summed E-state index contributed by atoms with van der Waals surface area (Å²) in [6.07, 6.45) is 2.64. The summed E-state index contributed by atoms with van der Waals surface area (Å²) in [6.45, 7) is 5.11. The van der Waals surface area contributed by atoms with Gasteiger partial charge in [-0.1, -0.05) is 6.92 Å². The van der Waals surface area contributed by atoms with Crippen LogP contribution in [0.2, 0.25) is 0 Å². The molecule has 2 rings (SSSR count). The molecule has 1 aliphatic heterocycles. The maximum Gasteiger partial charge on any atom is 0.257 e. The molecular weight excluding hydrogens is 316 g/mol. The van der Waals surface area contributed by atoms with Gasteiger partial charge < -0.3 is 9.64 Å². The third kappa shape index (κ3) is 4.03. The van der Waals surface area contributed by atoms with Crippen molar-refractivity contribution in [3.8, 4) is 5.75 Å². The van der Waals surface area contributed by atoms with E-state index in [1.54, 1.807) is 11.8 Å². The van der Waals surface area contributed by atoms with E-state index in [0.717, 1.165) is 12.8 Å². The second-order valence-corrected chi connectivity index (χ2v) is 7.51. The van der Waals surface area contributed by atoms with Crippen molar-refractivity contribution in [3.63, 3.8) is 0 Å². The van der Waals surface area contributed by atoms with Crippen molar-refractivity contribution in [1.29, 1.82) is 0 Å². The Balaban J connectivity index is 2.36. The number of benzene rings is 1. The van der Waals surface area contributed by atoms with E-state index in [1.807, 2.05) is 6.92 Å². The Kier molecular flexibility index (Phi) is 5.64. The first-order valence-electron chi connectivity index (χ1n) is 7.88. The first-order valence-corrected chi connectivity index (χ1v) is 9.37. The number of nitrogens with one attached hydrogen (secondary N) is 1. The molecular formula is C16H24N2O4S. The molecule has 0 aliphatic carbocycles. The summed E-state index contributed by atoms with van der Waals surface area (Å²) < 4.78 is 32.7. The lowest BCUT2D eigenvalue weighted by Gasteiger charge is -2.18.